The average molecular weight is 550 g/mol. The van der Waals surface area contributed by atoms with Crippen LogP contribution in [0.2, 0.25) is 0 Å². The molecule has 0 saturated carbocycles. The van der Waals surface area contributed by atoms with E-state index in [-0.39, 0.29) is 41.9 Å². The number of sulfonamides is 1. The second-order valence-corrected chi connectivity index (χ2v) is 12.0. The largest absolute Gasteiger partial charge is 0.497 e. The molecule has 2 saturated heterocycles. The third-order valence-electron chi connectivity index (χ3n) is 7.36. The quantitative estimate of drug-likeness (QED) is 0.475. The molecule has 0 spiro atoms. The Morgan fingerprint density at radius 1 is 0.974 bits per heavy atom. The summed E-state index contributed by atoms with van der Waals surface area (Å²) >= 11 is 0. The summed E-state index contributed by atoms with van der Waals surface area (Å²) in [7, 11) is 0.947. The molecule has 2 aliphatic heterocycles. The molecule has 1 atom stereocenters. The molecule has 9 nitrogen and oxygen atoms in total. The molecule has 0 aromatic heterocycles. The Morgan fingerprint density at radius 2 is 1.66 bits per heavy atom. The number of carbonyl (C=O) groups is 1. The van der Waals surface area contributed by atoms with Crippen molar-refractivity contribution in [2.75, 3.05) is 67.1 Å². The molecule has 11 heteroatoms. The van der Waals surface area contributed by atoms with E-state index in [0.717, 1.165) is 13.1 Å². The molecule has 2 aromatic rings. The molecule has 2 aromatic carbocycles. The summed E-state index contributed by atoms with van der Waals surface area (Å²) in [5, 5.41) is 0. The summed E-state index contributed by atoms with van der Waals surface area (Å²) in [6.07, 6.45) is 1.34. The van der Waals surface area contributed by atoms with Crippen LogP contribution in [0.4, 0.5) is 4.39 Å². The Kier molecular flexibility index (Phi) is 8.79. The highest BCUT2D eigenvalue weighted by molar-refractivity contribution is 7.89. The van der Waals surface area contributed by atoms with E-state index >= 15 is 0 Å². The second kappa shape index (κ2) is 11.9. The number of halogens is 1. The van der Waals surface area contributed by atoms with E-state index in [0.29, 0.717) is 44.0 Å². The zero-order valence-corrected chi connectivity index (χ0v) is 23.0. The van der Waals surface area contributed by atoms with Crippen molar-refractivity contribution in [3.63, 3.8) is 0 Å². The van der Waals surface area contributed by atoms with E-state index in [4.69, 9.17) is 14.2 Å². The van der Waals surface area contributed by atoms with Crippen LogP contribution in [0.5, 0.6) is 17.2 Å². The van der Waals surface area contributed by atoms with Crippen molar-refractivity contribution < 1.29 is 31.8 Å². The summed E-state index contributed by atoms with van der Waals surface area (Å²) in [6.45, 7) is 3.39. The molecule has 1 unspecified atom stereocenters. The molecule has 0 radical (unpaired) electrons. The smallest absolute Gasteiger partial charge is 0.246 e. The Hall–Kier alpha value is -2.89. The molecule has 0 bridgehead atoms. The lowest BCUT2D eigenvalue weighted by molar-refractivity contribution is -0.136. The van der Waals surface area contributed by atoms with E-state index in [9.17, 15) is 17.6 Å². The van der Waals surface area contributed by atoms with E-state index < -0.39 is 15.4 Å². The predicted octanol–water partition coefficient (Wildman–Crippen LogP) is 2.86. The van der Waals surface area contributed by atoms with Gasteiger partial charge in [-0.3, -0.25) is 4.79 Å². The monoisotopic (exact) mass is 549 g/mol. The maximum atomic E-state index is 13.9. The first-order chi connectivity index (χ1) is 18.2. The van der Waals surface area contributed by atoms with Crippen LogP contribution in [0.15, 0.2) is 47.4 Å². The van der Waals surface area contributed by atoms with Crippen LogP contribution in [0.1, 0.15) is 19.3 Å². The molecule has 2 aliphatic rings. The van der Waals surface area contributed by atoms with E-state index in [1.165, 1.54) is 48.9 Å². The number of ether oxygens (including phenoxy) is 3. The SMILES string of the molecule is COc1ccc(OC)c(S(=O)(=O)N2CCCC(COc3ccc(F)cc3)(CC(=O)N3CCN(C)CC3)C2)c1. The van der Waals surface area contributed by atoms with Gasteiger partial charge in [-0.05, 0) is 56.3 Å². The zero-order valence-electron chi connectivity index (χ0n) is 22.2. The van der Waals surface area contributed by atoms with Gasteiger partial charge in [-0.15, -0.1) is 0 Å². The van der Waals surface area contributed by atoms with E-state index in [2.05, 4.69) is 4.90 Å². The van der Waals surface area contributed by atoms with Crippen LogP contribution in [0.3, 0.4) is 0 Å². The summed E-state index contributed by atoms with van der Waals surface area (Å²) < 4.78 is 59.2. The van der Waals surface area contributed by atoms with Crippen molar-refractivity contribution in [2.45, 2.75) is 24.2 Å². The van der Waals surface area contributed by atoms with Crippen LogP contribution in [-0.2, 0) is 14.8 Å². The summed E-state index contributed by atoms with van der Waals surface area (Å²) in [5.41, 5.74) is -0.758. The number of methoxy groups -OCH3 is 2. The first-order valence-corrected chi connectivity index (χ1v) is 14.2. The lowest BCUT2D eigenvalue weighted by Gasteiger charge is -2.43. The van der Waals surface area contributed by atoms with Gasteiger partial charge >= 0.3 is 0 Å². The number of piperazine rings is 1. The van der Waals surface area contributed by atoms with Gasteiger partial charge in [-0.1, -0.05) is 0 Å². The van der Waals surface area contributed by atoms with E-state index in [1.807, 2.05) is 11.9 Å². The Bertz CT molecular complexity index is 1220. The first kappa shape index (κ1) is 28.1. The van der Waals surface area contributed by atoms with Gasteiger partial charge in [0.1, 0.15) is 28.0 Å². The number of amides is 1. The molecule has 1 amide bonds. The highest BCUT2D eigenvalue weighted by atomic mass is 32.2. The van der Waals surface area contributed by atoms with Gasteiger partial charge in [-0.2, -0.15) is 4.31 Å². The van der Waals surface area contributed by atoms with Gasteiger partial charge in [0.25, 0.3) is 0 Å². The minimum Gasteiger partial charge on any atom is -0.497 e. The fraction of sp³-hybridized carbons (Fsp3) is 0.519. The molecule has 2 heterocycles. The van der Waals surface area contributed by atoms with Gasteiger partial charge < -0.3 is 24.0 Å². The fourth-order valence-corrected chi connectivity index (χ4v) is 6.82. The van der Waals surface area contributed by atoms with Gasteiger partial charge in [0.2, 0.25) is 15.9 Å². The zero-order chi connectivity index (χ0) is 27.3. The van der Waals surface area contributed by atoms with Crippen LogP contribution in [0, 0.1) is 11.2 Å². The lowest BCUT2D eigenvalue weighted by Crippen LogP contribution is -2.53. The third kappa shape index (κ3) is 6.39. The van der Waals surface area contributed by atoms with Crippen LogP contribution in [0.25, 0.3) is 0 Å². The van der Waals surface area contributed by atoms with Gasteiger partial charge in [0.15, 0.2) is 0 Å². The molecule has 208 valence electrons. The molecule has 0 aliphatic carbocycles. The predicted molar refractivity (Wildman–Crippen MR) is 141 cm³/mol. The van der Waals surface area contributed by atoms with Crippen molar-refractivity contribution >= 4 is 15.9 Å². The van der Waals surface area contributed by atoms with Gasteiger partial charge in [0.05, 0.1) is 20.8 Å². The summed E-state index contributed by atoms with van der Waals surface area (Å²) in [6, 6.07) is 10.3. The third-order valence-corrected chi connectivity index (χ3v) is 9.22. The number of hydrogen-bond donors (Lipinski definition) is 0. The highest BCUT2D eigenvalue weighted by Gasteiger charge is 2.44. The standard InChI is InChI=1S/C27H36FN3O6S/c1-29-13-15-30(16-14-29)26(32)18-27(20-37-22-7-5-21(28)6-8-22)11-4-12-31(19-27)38(33,34)25-17-23(35-2)9-10-24(25)36-3/h5-10,17H,4,11-16,18-20H2,1-3H3. The van der Waals surface area contributed by atoms with Gasteiger partial charge in [-0.25, -0.2) is 12.8 Å². The number of nitrogens with zero attached hydrogens (tertiary/aromatic N) is 3. The molecule has 4 rings (SSSR count). The number of hydrogen-bond acceptors (Lipinski definition) is 7. The molecular formula is C27H36FN3O6S. The number of likely N-dealkylation sites (N-methyl/N-ethyl adjacent to an activating group) is 1. The fourth-order valence-electron chi connectivity index (χ4n) is 5.06. The maximum absolute atomic E-state index is 13.9. The molecule has 0 N–H and O–H groups in total. The number of piperidine rings is 1. The van der Waals surface area contributed by atoms with Crippen LogP contribution in [-0.4, -0.2) is 95.6 Å². The maximum Gasteiger partial charge on any atom is 0.246 e. The summed E-state index contributed by atoms with van der Waals surface area (Å²) in [4.78, 5) is 17.5. The second-order valence-electron chi connectivity index (χ2n) is 10.1. The van der Waals surface area contributed by atoms with Crippen LogP contribution < -0.4 is 14.2 Å². The van der Waals surface area contributed by atoms with Crippen molar-refractivity contribution in [2.24, 2.45) is 5.41 Å². The highest BCUT2D eigenvalue weighted by Crippen LogP contribution is 2.39. The normalized spacial score (nSPS) is 21.2. The average Bonchev–Trinajstić information content (AvgIpc) is 2.93. The van der Waals surface area contributed by atoms with Crippen LogP contribution >= 0.6 is 0 Å². The Labute approximate surface area is 224 Å². The van der Waals surface area contributed by atoms with Crippen molar-refractivity contribution in [1.29, 1.82) is 0 Å². The van der Waals surface area contributed by atoms with Crippen molar-refractivity contribution in [3.8, 4) is 17.2 Å². The van der Waals surface area contributed by atoms with E-state index in [1.54, 1.807) is 12.1 Å². The van der Waals surface area contributed by atoms with Crippen molar-refractivity contribution in [3.05, 3.63) is 48.3 Å². The molecular weight excluding hydrogens is 513 g/mol. The first-order valence-electron chi connectivity index (χ1n) is 12.7. The van der Waals surface area contributed by atoms with Crippen molar-refractivity contribution in [1.82, 2.24) is 14.1 Å². The summed E-state index contributed by atoms with van der Waals surface area (Å²) in [5.74, 6) is 0.696. The Morgan fingerprint density at radius 3 is 2.32 bits per heavy atom. The lowest BCUT2D eigenvalue weighted by atomic mass is 9.78. The molecule has 38 heavy (non-hydrogen) atoms. The number of benzene rings is 2. The minimum absolute atomic E-state index is 0.0139. The minimum atomic E-state index is -3.97. The van der Waals surface area contributed by atoms with Gasteiger partial charge in [0, 0.05) is 57.2 Å². The number of rotatable bonds is 9. The molecule has 2 fully saturated rings. The number of carbonyl (C=O) groups excluding carboxylic acids is 1. The Balaban J connectivity index is 1.61. The topological polar surface area (TPSA) is 88.6 Å².